The molecule has 0 bridgehead atoms. The first kappa shape index (κ1) is 21.9. The minimum absolute atomic E-state index is 0.104. The van der Waals surface area contributed by atoms with E-state index in [9.17, 15) is 14.9 Å². The number of H-pyrrole nitrogens is 1. The number of aromatic amines is 1. The van der Waals surface area contributed by atoms with Crippen molar-refractivity contribution < 1.29 is 4.79 Å². The summed E-state index contributed by atoms with van der Waals surface area (Å²) in [6.07, 6.45) is 0. The van der Waals surface area contributed by atoms with Gasteiger partial charge in [0.2, 0.25) is 5.91 Å². The van der Waals surface area contributed by atoms with Crippen molar-refractivity contribution in [2.75, 3.05) is 5.32 Å². The molecule has 0 saturated heterocycles. The minimum Gasteiger partial charge on any atom is -0.325 e. The van der Waals surface area contributed by atoms with Gasteiger partial charge >= 0.3 is 0 Å². The SMILES string of the molecule is Cc1ccc(NC(=O)[C@@H](C)Sc2nc(-c3ccc(Cl)cc3)c(C#N)c(=O)[nH]2)cc1Cl. The van der Waals surface area contributed by atoms with Gasteiger partial charge in [-0.1, -0.05) is 53.2 Å². The normalized spacial score (nSPS) is 11.6. The maximum absolute atomic E-state index is 12.6. The molecule has 0 spiro atoms. The molecule has 0 saturated carbocycles. The molecule has 30 heavy (non-hydrogen) atoms. The van der Waals surface area contributed by atoms with Crippen molar-refractivity contribution in [1.29, 1.82) is 5.26 Å². The summed E-state index contributed by atoms with van der Waals surface area (Å²) < 4.78 is 0. The number of benzene rings is 2. The number of carbonyl (C=O) groups excluding carboxylic acids is 1. The molecule has 6 nitrogen and oxygen atoms in total. The van der Waals surface area contributed by atoms with Crippen LogP contribution in [0, 0.1) is 18.3 Å². The van der Waals surface area contributed by atoms with Gasteiger partial charge in [-0.25, -0.2) is 4.98 Å². The molecular formula is C21H16Cl2N4O2S. The van der Waals surface area contributed by atoms with Crippen LogP contribution >= 0.6 is 35.0 Å². The number of thioether (sulfide) groups is 1. The van der Waals surface area contributed by atoms with E-state index in [-0.39, 0.29) is 22.3 Å². The fourth-order valence-electron chi connectivity index (χ4n) is 2.56. The van der Waals surface area contributed by atoms with Crippen LogP contribution < -0.4 is 10.9 Å². The lowest BCUT2D eigenvalue weighted by atomic mass is 10.1. The van der Waals surface area contributed by atoms with Crippen LogP contribution in [0.15, 0.2) is 52.4 Å². The van der Waals surface area contributed by atoms with Crippen LogP contribution in [-0.4, -0.2) is 21.1 Å². The van der Waals surface area contributed by atoms with E-state index in [2.05, 4.69) is 15.3 Å². The van der Waals surface area contributed by atoms with Gasteiger partial charge in [0.1, 0.15) is 11.6 Å². The average Bonchev–Trinajstić information content (AvgIpc) is 2.71. The lowest BCUT2D eigenvalue weighted by Crippen LogP contribution is -2.23. The second kappa shape index (κ2) is 9.35. The Morgan fingerprint density at radius 1 is 1.23 bits per heavy atom. The van der Waals surface area contributed by atoms with E-state index >= 15 is 0 Å². The van der Waals surface area contributed by atoms with Gasteiger partial charge in [-0.3, -0.25) is 9.59 Å². The fourth-order valence-corrected chi connectivity index (χ4v) is 3.67. The van der Waals surface area contributed by atoms with Crippen molar-refractivity contribution in [2.24, 2.45) is 0 Å². The first-order valence-corrected chi connectivity index (χ1v) is 10.5. The van der Waals surface area contributed by atoms with E-state index in [1.807, 2.05) is 19.1 Å². The zero-order valence-corrected chi connectivity index (χ0v) is 18.3. The molecule has 3 aromatic rings. The number of nitrogens with zero attached hydrogens (tertiary/aromatic N) is 2. The quantitative estimate of drug-likeness (QED) is 0.411. The van der Waals surface area contributed by atoms with Crippen LogP contribution in [0.1, 0.15) is 18.1 Å². The summed E-state index contributed by atoms with van der Waals surface area (Å²) in [7, 11) is 0. The molecule has 152 valence electrons. The van der Waals surface area contributed by atoms with Crippen molar-refractivity contribution in [3.8, 4) is 17.3 Å². The summed E-state index contributed by atoms with van der Waals surface area (Å²) in [5, 5.41) is 12.9. The molecule has 0 unspecified atom stereocenters. The number of nitriles is 1. The Hall–Kier alpha value is -2.79. The van der Waals surface area contributed by atoms with E-state index in [1.54, 1.807) is 43.3 Å². The Bertz CT molecular complexity index is 1200. The van der Waals surface area contributed by atoms with Crippen LogP contribution in [0.4, 0.5) is 5.69 Å². The van der Waals surface area contributed by atoms with E-state index in [1.165, 1.54) is 0 Å². The van der Waals surface area contributed by atoms with E-state index in [0.717, 1.165) is 17.3 Å². The van der Waals surface area contributed by atoms with Gasteiger partial charge in [-0.05, 0) is 43.7 Å². The molecule has 2 N–H and O–H groups in total. The summed E-state index contributed by atoms with van der Waals surface area (Å²) >= 11 is 13.1. The Kier molecular flexibility index (Phi) is 6.83. The summed E-state index contributed by atoms with van der Waals surface area (Å²) in [4.78, 5) is 31.9. The molecule has 0 aliphatic rings. The van der Waals surface area contributed by atoms with Crippen LogP contribution in [0.25, 0.3) is 11.3 Å². The number of nitrogens with one attached hydrogen (secondary N) is 2. The maximum Gasteiger partial charge on any atom is 0.270 e. The summed E-state index contributed by atoms with van der Waals surface area (Å²) in [5.74, 6) is -0.278. The lowest BCUT2D eigenvalue weighted by Gasteiger charge is -2.13. The zero-order chi connectivity index (χ0) is 21.8. The third-order valence-corrected chi connectivity index (χ3v) is 5.87. The molecule has 0 fully saturated rings. The number of rotatable bonds is 5. The summed E-state index contributed by atoms with van der Waals surface area (Å²) in [6.45, 7) is 3.56. The number of carbonyl (C=O) groups is 1. The standard InChI is InChI=1S/C21H16Cl2N4O2S/c1-11-3-8-15(9-17(11)23)25-19(28)12(2)30-21-26-18(16(10-24)20(29)27-21)13-4-6-14(22)7-5-13/h3-9,12H,1-2H3,(H,25,28)(H,26,27,29)/t12-/m1/s1. The first-order valence-electron chi connectivity index (χ1n) is 8.82. The third kappa shape index (κ3) is 5.03. The Morgan fingerprint density at radius 2 is 1.93 bits per heavy atom. The molecule has 0 aliphatic carbocycles. The van der Waals surface area contributed by atoms with Crippen LogP contribution in [0.3, 0.4) is 0 Å². The number of amides is 1. The van der Waals surface area contributed by atoms with E-state index in [0.29, 0.717) is 21.3 Å². The molecular weight excluding hydrogens is 443 g/mol. The zero-order valence-electron chi connectivity index (χ0n) is 16.0. The van der Waals surface area contributed by atoms with Crippen molar-refractivity contribution >= 4 is 46.6 Å². The molecule has 0 aliphatic heterocycles. The predicted octanol–water partition coefficient (Wildman–Crippen LogP) is 5.04. The smallest absolute Gasteiger partial charge is 0.270 e. The van der Waals surface area contributed by atoms with Gasteiger partial charge in [0, 0.05) is 21.3 Å². The Balaban J connectivity index is 1.84. The third-order valence-electron chi connectivity index (χ3n) is 4.22. The van der Waals surface area contributed by atoms with Crippen molar-refractivity contribution in [1.82, 2.24) is 9.97 Å². The van der Waals surface area contributed by atoms with Gasteiger partial charge < -0.3 is 10.3 Å². The van der Waals surface area contributed by atoms with Gasteiger partial charge in [0.15, 0.2) is 5.16 Å². The van der Waals surface area contributed by atoms with Crippen molar-refractivity contribution in [3.05, 3.63) is 74.0 Å². The number of halogens is 2. The van der Waals surface area contributed by atoms with E-state index < -0.39 is 10.8 Å². The molecule has 1 atom stereocenters. The largest absolute Gasteiger partial charge is 0.325 e. The fraction of sp³-hybridized carbons (Fsp3) is 0.143. The summed E-state index contributed by atoms with van der Waals surface area (Å²) in [6, 6.07) is 13.8. The highest BCUT2D eigenvalue weighted by Crippen LogP contribution is 2.26. The van der Waals surface area contributed by atoms with Crippen LogP contribution in [-0.2, 0) is 4.79 Å². The van der Waals surface area contributed by atoms with Crippen molar-refractivity contribution in [3.63, 3.8) is 0 Å². The number of aryl methyl sites for hydroxylation is 1. The Morgan fingerprint density at radius 3 is 2.57 bits per heavy atom. The molecule has 0 radical (unpaired) electrons. The second-order valence-corrected chi connectivity index (χ2v) is 8.60. The molecule has 1 aromatic heterocycles. The van der Waals surface area contributed by atoms with Crippen LogP contribution in [0.5, 0.6) is 0 Å². The van der Waals surface area contributed by atoms with Gasteiger partial charge in [0.25, 0.3) is 5.56 Å². The second-order valence-electron chi connectivity index (χ2n) is 6.43. The van der Waals surface area contributed by atoms with Crippen molar-refractivity contribution in [2.45, 2.75) is 24.3 Å². The molecule has 1 heterocycles. The molecule has 1 amide bonds. The lowest BCUT2D eigenvalue weighted by molar-refractivity contribution is -0.115. The number of anilines is 1. The Labute approximate surface area is 187 Å². The number of aromatic nitrogens is 2. The molecule has 2 aromatic carbocycles. The topological polar surface area (TPSA) is 98.6 Å². The predicted molar refractivity (Wildman–Crippen MR) is 120 cm³/mol. The summed E-state index contributed by atoms with van der Waals surface area (Å²) in [5.41, 5.74) is 1.62. The highest BCUT2D eigenvalue weighted by molar-refractivity contribution is 8.00. The van der Waals surface area contributed by atoms with Gasteiger partial charge in [-0.2, -0.15) is 5.26 Å². The monoisotopic (exact) mass is 458 g/mol. The highest BCUT2D eigenvalue weighted by atomic mass is 35.5. The average molecular weight is 459 g/mol. The first-order chi connectivity index (χ1) is 14.3. The molecule has 3 rings (SSSR count). The van der Waals surface area contributed by atoms with Gasteiger partial charge in [0.05, 0.1) is 10.9 Å². The van der Waals surface area contributed by atoms with Crippen LogP contribution in [0.2, 0.25) is 10.0 Å². The maximum atomic E-state index is 12.6. The number of hydrogen-bond donors (Lipinski definition) is 2. The number of hydrogen-bond acceptors (Lipinski definition) is 5. The molecule has 9 heteroatoms. The van der Waals surface area contributed by atoms with Gasteiger partial charge in [-0.15, -0.1) is 0 Å². The van der Waals surface area contributed by atoms with E-state index in [4.69, 9.17) is 23.2 Å². The minimum atomic E-state index is -0.571. The highest BCUT2D eigenvalue weighted by Gasteiger charge is 2.19.